The standard InChI is InChI=1S/C14H22N2O/c1-3-10-16(11-4-2)13(17)14(12-15)8-6-5-7-9-14/h3H,1,4-11H2,2H3. The van der Waals surface area contributed by atoms with E-state index in [1.807, 2.05) is 6.92 Å². The third-order valence-electron chi connectivity index (χ3n) is 3.46. The molecule has 0 atom stereocenters. The molecule has 1 rings (SSSR count). The minimum absolute atomic E-state index is 0.0152. The molecular formula is C14H22N2O. The molecule has 1 amide bonds. The van der Waals surface area contributed by atoms with Crippen molar-refractivity contribution in [3.05, 3.63) is 12.7 Å². The highest BCUT2D eigenvalue weighted by atomic mass is 16.2. The smallest absolute Gasteiger partial charge is 0.243 e. The van der Waals surface area contributed by atoms with E-state index < -0.39 is 5.41 Å². The summed E-state index contributed by atoms with van der Waals surface area (Å²) in [6, 6.07) is 2.29. The summed E-state index contributed by atoms with van der Waals surface area (Å²) < 4.78 is 0. The molecule has 0 bridgehead atoms. The normalized spacial score (nSPS) is 18.1. The van der Waals surface area contributed by atoms with Gasteiger partial charge in [-0.3, -0.25) is 4.79 Å². The van der Waals surface area contributed by atoms with Crippen molar-refractivity contribution in [2.24, 2.45) is 5.41 Å². The Labute approximate surface area is 104 Å². The van der Waals surface area contributed by atoms with Gasteiger partial charge in [0.1, 0.15) is 5.41 Å². The van der Waals surface area contributed by atoms with Crippen LogP contribution in [0.25, 0.3) is 0 Å². The number of nitriles is 1. The Morgan fingerprint density at radius 2 is 2.12 bits per heavy atom. The molecule has 0 aliphatic heterocycles. The van der Waals surface area contributed by atoms with Crippen LogP contribution < -0.4 is 0 Å². The van der Waals surface area contributed by atoms with Crippen LogP contribution in [0.15, 0.2) is 12.7 Å². The first-order valence-corrected chi connectivity index (χ1v) is 6.51. The number of rotatable bonds is 5. The van der Waals surface area contributed by atoms with Crippen LogP contribution in [-0.2, 0) is 4.79 Å². The second-order valence-electron chi connectivity index (χ2n) is 4.79. The molecule has 0 aromatic rings. The van der Waals surface area contributed by atoms with Crippen LogP contribution in [0.5, 0.6) is 0 Å². The van der Waals surface area contributed by atoms with Gasteiger partial charge >= 0.3 is 0 Å². The van der Waals surface area contributed by atoms with Gasteiger partial charge in [0.25, 0.3) is 0 Å². The molecule has 1 aliphatic rings. The van der Waals surface area contributed by atoms with E-state index in [1.54, 1.807) is 11.0 Å². The van der Waals surface area contributed by atoms with Crippen LogP contribution >= 0.6 is 0 Å². The molecule has 0 aromatic carbocycles. The zero-order valence-corrected chi connectivity index (χ0v) is 10.7. The summed E-state index contributed by atoms with van der Waals surface area (Å²) in [4.78, 5) is 14.3. The van der Waals surface area contributed by atoms with Gasteiger partial charge in [0.05, 0.1) is 6.07 Å². The molecule has 0 spiro atoms. The van der Waals surface area contributed by atoms with Crippen molar-refractivity contribution < 1.29 is 4.79 Å². The van der Waals surface area contributed by atoms with Crippen molar-refractivity contribution in [1.82, 2.24) is 4.90 Å². The fourth-order valence-corrected chi connectivity index (χ4v) is 2.53. The van der Waals surface area contributed by atoms with E-state index in [-0.39, 0.29) is 5.91 Å². The lowest BCUT2D eigenvalue weighted by atomic mass is 9.74. The molecule has 0 heterocycles. The van der Waals surface area contributed by atoms with E-state index in [2.05, 4.69) is 12.6 Å². The first-order chi connectivity index (χ1) is 8.20. The summed E-state index contributed by atoms with van der Waals surface area (Å²) in [7, 11) is 0. The zero-order valence-electron chi connectivity index (χ0n) is 10.7. The van der Waals surface area contributed by atoms with Gasteiger partial charge in [-0.05, 0) is 19.3 Å². The first-order valence-electron chi connectivity index (χ1n) is 6.51. The molecule has 1 aliphatic carbocycles. The Balaban J connectivity index is 2.82. The summed E-state index contributed by atoms with van der Waals surface area (Å²) in [5.74, 6) is 0.0152. The second-order valence-corrected chi connectivity index (χ2v) is 4.79. The van der Waals surface area contributed by atoms with Crippen molar-refractivity contribution in [3.8, 4) is 6.07 Å². The van der Waals surface area contributed by atoms with Crippen LogP contribution in [0.3, 0.4) is 0 Å². The summed E-state index contributed by atoms with van der Waals surface area (Å²) in [6.45, 7) is 7.00. The minimum atomic E-state index is -0.754. The number of nitrogens with zero attached hydrogens (tertiary/aromatic N) is 2. The average molecular weight is 234 g/mol. The third kappa shape index (κ3) is 3.09. The van der Waals surface area contributed by atoms with Crippen molar-refractivity contribution in [2.75, 3.05) is 13.1 Å². The molecule has 0 radical (unpaired) electrons. The van der Waals surface area contributed by atoms with Gasteiger partial charge in [0, 0.05) is 13.1 Å². The van der Waals surface area contributed by atoms with Gasteiger partial charge in [-0.15, -0.1) is 6.58 Å². The fraction of sp³-hybridized carbons (Fsp3) is 0.714. The summed E-state index contributed by atoms with van der Waals surface area (Å²) in [6.07, 6.45) is 7.23. The number of hydrogen-bond donors (Lipinski definition) is 0. The van der Waals surface area contributed by atoms with Crippen molar-refractivity contribution in [1.29, 1.82) is 5.26 Å². The van der Waals surface area contributed by atoms with Crippen molar-refractivity contribution in [3.63, 3.8) is 0 Å². The summed E-state index contributed by atoms with van der Waals surface area (Å²) in [5.41, 5.74) is -0.754. The molecule has 1 fully saturated rings. The zero-order chi connectivity index (χ0) is 12.7. The lowest BCUT2D eigenvalue weighted by molar-refractivity contribution is -0.140. The van der Waals surface area contributed by atoms with E-state index in [0.29, 0.717) is 13.1 Å². The topological polar surface area (TPSA) is 44.1 Å². The maximum absolute atomic E-state index is 12.5. The average Bonchev–Trinajstić information content (AvgIpc) is 2.38. The Morgan fingerprint density at radius 1 is 1.47 bits per heavy atom. The fourth-order valence-electron chi connectivity index (χ4n) is 2.53. The van der Waals surface area contributed by atoms with Crippen molar-refractivity contribution in [2.45, 2.75) is 45.4 Å². The Kier molecular flexibility index (Phi) is 5.21. The van der Waals surface area contributed by atoms with Gasteiger partial charge in [0.2, 0.25) is 5.91 Å². The predicted octanol–water partition coefficient (Wildman–Crippen LogP) is 2.89. The third-order valence-corrected chi connectivity index (χ3v) is 3.46. The van der Waals surface area contributed by atoms with Crippen LogP contribution in [0, 0.1) is 16.7 Å². The number of hydrogen-bond acceptors (Lipinski definition) is 2. The largest absolute Gasteiger partial charge is 0.338 e. The maximum Gasteiger partial charge on any atom is 0.243 e. The lowest BCUT2D eigenvalue weighted by Crippen LogP contribution is -2.44. The van der Waals surface area contributed by atoms with E-state index in [4.69, 9.17) is 0 Å². The van der Waals surface area contributed by atoms with Gasteiger partial charge in [0.15, 0.2) is 0 Å². The first kappa shape index (κ1) is 13.8. The number of carbonyl (C=O) groups is 1. The highest BCUT2D eigenvalue weighted by Gasteiger charge is 2.41. The highest BCUT2D eigenvalue weighted by molar-refractivity contribution is 5.85. The molecule has 17 heavy (non-hydrogen) atoms. The van der Waals surface area contributed by atoms with Crippen LogP contribution in [0.4, 0.5) is 0 Å². The molecule has 3 heteroatoms. The van der Waals surface area contributed by atoms with Crippen LogP contribution in [0.2, 0.25) is 0 Å². The SMILES string of the molecule is C=CCN(CCC)C(=O)C1(C#N)CCCCC1. The molecule has 94 valence electrons. The molecule has 0 N–H and O–H groups in total. The second kappa shape index (κ2) is 6.44. The number of carbonyl (C=O) groups excluding carboxylic acids is 1. The summed E-state index contributed by atoms with van der Waals surface area (Å²) >= 11 is 0. The maximum atomic E-state index is 12.5. The molecular weight excluding hydrogens is 212 g/mol. The number of amides is 1. The monoisotopic (exact) mass is 234 g/mol. The summed E-state index contributed by atoms with van der Waals surface area (Å²) in [5, 5.41) is 9.37. The Morgan fingerprint density at radius 3 is 2.59 bits per heavy atom. The molecule has 0 unspecified atom stereocenters. The molecule has 1 saturated carbocycles. The van der Waals surface area contributed by atoms with Gasteiger partial charge in [-0.2, -0.15) is 5.26 Å². The van der Waals surface area contributed by atoms with Gasteiger partial charge in [-0.25, -0.2) is 0 Å². The molecule has 3 nitrogen and oxygen atoms in total. The molecule has 0 saturated heterocycles. The highest BCUT2D eigenvalue weighted by Crippen LogP contribution is 2.37. The van der Waals surface area contributed by atoms with Crippen LogP contribution in [0.1, 0.15) is 45.4 Å². The van der Waals surface area contributed by atoms with E-state index in [1.165, 1.54) is 0 Å². The Bertz CT molecular complexity index is 311. The van der Waals surface area contributed by atoms with E-state index in [0.717, 1.165) is 38.5 Å². The molecule has 0 aromatic heterocycles. The quantitative estimate of drug-likeness (QED) is 0.686. The minimum Gasteiger partial charge on any atom is -0.338 e. The van der Waals surface area contributed by atoms with E-state index in [9.17, 15) is 10.1 Å². The Hall–Kier alpha value is -1.30. The van der Waals surface area contributed by atoms with Crippen molar-refractivity contribution >= 4 is 5.91 Å². The van der Waals surface area contributed by atoms with E-state index >= 15 is 0 Å². The predicted molar refractivity (Wildman–Crippen MR) is 68.2 cm³/mol. The van der Waals surface area contributed by atoms with Crippen LogP contribution in [-0.4, -0.2) is 23.9 Å². The van der Waals surface area contributed by atoms with Gasteiger partial charge in [-0.1, -0.05) is 32.3 Å². The lowest BCUT2D eigenvalue weighted by Gasteiger charge is -2.34. The van der Waals surface area contributed by atoms with Gasteiger partial charge < -0.3 is 4.90 Å².